The topological polar surface area (TPSA) is 65.7 Å². The molecule has 7 heteroatoms. The molecule has 0 spiro atoms. The highest BCUT2D eigenvalue weighted by atomic mass is 32.1. The molecule has 3 heterocycles. The van der Waals surface area contributed by atoms with Crippen LogP contribution in [0.5, 0.6) is 0 Å². The molecule has 2 aromatic rings. The van der Waals surface area contributed by atoms with Gasteiger partial charge in [-0.15, -0.1) is 11.3 Å². The van der Waals surface area contributed by atoms with Gasteiger partial charge in [-0.1, -0.05) is 12.1 Å². The minimum absolute atomic E-state index is 0.244. The van der Waals surface area contributed by atoms with Crippen molar-refractivity contribution in [2.45, 2.75) is 24.9 Å². The van der Waals surface area contributed by atoms with Crippen molar-refractivity contribution in [3.05, 3.63) is 29.3 Å². The molecule has 0 aliphatic carbocycles. The summed E-state index contributed by atoms with van der Waals surface area (Å²) < 4.78 is 1.23. The van der Waals surface area contributed by atoms with Crippen LogP contribution in [0.2, 0.25) is 0 Å². The fourth-order valence-electron chi connectivity index (χ4n) is 4.23. The number of likely N-dealkylation sites (tertiary alicyclic amines) is 1. The SMILES string of the molecule is CN1CCC(N2CCN(CC(N)=O)CC2c2nc3ccccc3s2)CC1. The van der Waals surface area contributed by atoms with Crippen LogP contribution in [0.1, 0.15) is 23.9 Å². The molecular weight excluding hydrogens is 346 g/mol. The van der Waals surface area contributed by atoms with Crippen molar-refractivity contribution < 1.29 is 4.79 Å². The number of rotatable bonds is 4. The van der Waals surface area contributed by atoms with Crippen LogP contribution in [-0.2, 0) is 4.79 Å². The summed E-state index contributed by atoms with van der Waals surface area (Å²) in [5.74, 6) is -0.249. The van der Waals surface area contributed by atoms with Gasteiger partial charge in [0.2, 0.25) is 5.91 Å². The number of aromatic nitrogens is 1. The molecule has 2 N–H and O–H groups in total. The van der Waals surface area contributed by atoms with Gasteiger partial charge in [0.05, 0.1) is 22.8 Å². The Balaban J connectivity index is 1.60. The van der Waals surface area contributed by atoms with Crippen LogP contribution in [-0.4, -0.2) is 77.9 Å². The maximum absolute atomic E-state index is 11.4. The monoisotopic (exact) mass is 373 g/mol. The fourth-order valence-corrected chi connectivity index (χ4v) is 5.31. The van der Waals surface area contributed by atoms with E-state index in [1.165, 1.54) is 22.5 Å². The van der Waals surface area contributed by atoms with Crippen molar-refractivity contribution in [2.24, 2.45) is 5.73 Å². The van der Waals surface area contributed by atoms with Crippen molar-refractivity contribution >= 4 is 27.5 Å². The van der Waals surface area contributed by atoms with Gasteiger partial charge in [0, 0.05) is 25.7 Å². The third-order valence-electron chi connectivity index (χ3n) is 5.64. The predicted molar refractivity (Wildman–Crippen MR) is 105 cm³/mol. The zero-order valence-corrected chi connectivity index (χ0v) is 16.1. The van der Waals surface area contributed by atoms with Gasteiger partial charge >= 0.3 is 0 Å². The number of hydrogen-bond acceptors (Lipinski definition) is 6. The van der Waals surface area contributed by atoms with Gasteiger partial charge in [0.1, 0.15) is 5.01 Å². The van der Waals surface area contributed by atoms with Crippen LogP contribution in [0.4, 0.5) is 0 Å². The predicted octanol–water partition coefficient (Wildman–Crippen LogP) is 1.53. The summed E-state index contributed by atoms with van der Waals surface area (Å²) in [6.07, 6.45) is 2.40. The molecular formula is C19H27N5OS. The maximum Gasteiger partial charge on any atom is 0.231 e. The second-order valence-corrected chi connectivity index (χ2v) is 8.57. The Morgan fingerprint density at radius 1 is 1.23 bits per heavy atom. The van der Waals surface area contributed by atoms with Crippen LogP contribution in [0.25, 0.3) is 10.2 Å². The van der Waals surface area contributed by atoms with Crippen LogP contribution in [0, 0.1) is 0 Å². The number of hydrogen-bond donors (Lipinski definition) is 1. The number of carbonyl (C=O) groups is 1. The molecule has 1 unspecified atom stereocenters. The Bertz CT molecular complexity index is 737. The lowest BCUT2D eigenvalue weighted by molar-refractivity contribution is -0.120. The summed E-state index contributed by atoms with van der Waals surface area (Å²) in [5, 5.41) is 1.17. The first-order chi connectivity index (χ1) is 12.6. The summed E-state index contributed by atoms with van der Waals surface area (Å²) in [4.78, 5) is 23.6. The second kappa shape index (κ2) is 7.60. The Kier molecular flexibility index (Phi) is 5.22. The summed E-state index contributed by atoms with van der Waals surface area (Å²) in [7, 11) is 2.20. The van der Waals surface area contributed by atoms with Gasteiger partial charge < -0.3 is 10.6 Å². The third-order valence-corrected chi connectivity index (χ3v) is 6.78. The molecule has 26 heavy (non-hydrogen) atoms. The molecule has 1 aromatic heterocycles. The molecule has 4 rings (SSSR count). The molecule has 1 aromatic carbocycles. The van der Waals surface area contributed by atoms with E-state index in [1.54, 1.807) is 11.3 Å². The number of para-hydroxylation sites is 1. The Labute approximate surface area is 158 Å². The first-order valence-electron chi connectivity index (χ1n) is 9.40. The molecule has 2 aliphatic rings. The number of nitrogens with two attached hydrogens (primary N) is 1. The van der Waals surface area contributed by atoms with E-state index in [4.69, 9.17) is 10.7 Å². The van der Waals surface area contributed by atoms with Crippen LogP contribution in [0.3, 0.4) is 0 Å². The second-order valence-electron chi connectivity index (χ2n) is 7.51. The van der Waals surface area contributed by atoms with Gasteiger partial charge in [-0.05, 0) is 45.1 Å². The number of piperazine rings is 1. The Morgan fingerprint density at radius 2 is 2.00 bits per heavy atom. The zero-order valence-electron chi connectivity index (χ0n) is 15.3. The van der Waals surface area contributed by atoms with Crippen LogP contribution >= 0.6 is 11.3 Å². The summed E-state index contributed by atoms with van der Waals surface area (Å²) in [6.45, 7) is 5.34. The lowest BCUT2D eigenvalue weighted by Gasteiger charge is -2.46. The number of benzene rings is 1. The quantitative estimate of drug-likeness (QED) is 0.881. The minimum atomic E-state index is -0.249. The number of primary amides is 1. The minimum Gasteiger partial charge on any atom is -0.369 e. The van der Waals surface area contributed by atoms with E-state index in [1.807, 2.05) is 6.07 Å². The number of carbonyl (C=O) groups excluding carboxylic acids is 1. The maximum atomic E-state index is 11.4. The first kappa shape index (κ1) is 17.9. The van der Waals surface area contributed by atoms with E-state index in [0.717, 1.165) is 38.2 Å². The number of amides is 1. The molecule has 2 saturated heterocycles. The summed E-state index contributed by atoms with van der Waals surface area (Å²) >= 11 is 1.79. The van der Waals surface area contributed by atoms with E-state index in [9.17, 15) is 4.79 Å². The van der Waals surface area contributed by atoms with Crippen molar-refractivity contribution in [3.8, 4) is 0 Å². The first-order valence-corrected chi connectivity index (χ1v) is 10.2. The van der Waals surface area contributed by atoms with E-state index in [-0.39, 0.29) is 11.9 Å². The van der Waals surface area contributed by atoms with E-state index < -0.39 is 0 Å². The highest BCUT2D eigenvalue weighted by Crippen LogP contribution is 2.35. The van der Waals surface area contributed by atoms with Crippen molar-refractivity contribution in [1.82, 2.24) is 19.7 Å². The van der Waals surface area contributed by atoms with Crippen molar-refractivity contribution in [1.29, 1.82) is 0 Å². The normalized spacial score (nSPS) is 24.3. The van der Waals surface area contributed by atoms with Crippen molar-refractivity contribution in [2.75, 3.05) is 46.3 Å². The molecule has 0 saturated carbocycles. The molecule has 0 bridgehead atoms. The molecule has 2 fully saturated rings. The smallest absolute Gasteiger partial charge is 0.231 e. The van der Waals surface area contributed by atoms with Gasteiger partial charge in [0.15, 0.2) is 0 Å². The number of piperidine rings is 1. The van der Waals surface area contributed by atoms with Crippen molar-refractivity contribution in [3.63, 3.8) is 0 Å². The largest absolute Gasteiger partial charge is 0.369 e. The molecule has 1 atom stereocenters. The number of fused-ring (bicyclic) bond motifs is 1. The highest BCUT2D eigenvalue weighted by molar-refractivity contribution is 7.18. The van der Waals surface area contributed by atoms with Gasteiger partial charge in [0.25, 0.3) is 0 Å². The standard InChI is InChI=1S/C19H27N5OS/c1-22-8-6-14(7-9-22)24-11-10-23(13-18(20)25)12-16(24)19-21-15-4-2-3-5-17(15)26-19/h2-5,14,16H,6-13H2,1H3,(H2,20,25). The van der Waals surface area contributed by atoms with E-state index >= 15 is 0 Å². The number of thiazole rings is 1. The summed E-state index contributed by atoms with van der Waals surface area (Å²) in [5.41, 5.74) is 6.52. The molecule has 2 aliphatic heterocycles. The average Bonchev–Trinajstić information content (AvgIpc) is 3.06. The average molecular weight is 374 g/mol. The Morgan fingerprint density at radius 3 is 2.73 bits per heavy atom. The molecule has 0 radical (unpaired) electrons. The fraction of sp³-hybridized carbons (Fsp3) is 0.579. The summed E-state index contributed by atoms with van der Waals surface area (Å²) in [6, 6.07) is 9.17. The highest BCUT2D eigenvalue weighted by Gasteiger charge is 2.36. The third kappa shape index (κ3) is 3.76. The number of nitrogens with zero attached hydrogens (tertiary/aromatic N) is 4. The lowest BCUT2D eigenvalue weighted by atomic mass is 9.99. The molecule has 1 amide bonds. The molecule has 6 nitrogen and oxygen atoms in total. The zero-order chi connectivity index (χ0) is 18.1. The lowest BCUT2D eigenvalue weighted by Crippen LogP contribution is -2.55. The van der Waals surface area contributed by atoms with E-state index in [2.05, 4.69) is 39.9 Å². The van der Waals surface area contributed by atoms with Gasteiger partial charge in [-0.2, -0.15) is 0 Å². The van der Waals surface area contributed by atoms with E-state index in [0.29, 0.717) is 12.6 Å². The van der Waals surface area contributed by atoms with Gasteiger partial charge in [-0.25, -0.2) is 4.98 Å². The van der Waals surface area contributed by atoms with Gasteiger partial charge in [-0.3, -0.25) is 14.6 Å². The van der Waals surface area contributed by atoms with Crippen LogP contribution in [0.15, 0.2) is 24.3 Å². The molecule has 140 valence electrons. The van der Waals surface area contributed by atoms with Crippen LogP contribution < -0.4 is 5.73 Å². The Hall–Kier alpha value is -1.54.